The molecule has 0 saturated carbocycles. The molecule has 0 aliphatic rings. The molecule has 2 aromatic carbocycles. The number of nitrogens with one attached hydrogen (secondary N) is 2. The van der Waals surface area contributed by atoms with Gasteiger partial charge in [-0.3, -0.25) is 30.6 Å². The third-order valence-electron chi connectivity index (χ3n) is 4.35. The Balaban J connectivity index is 1.74. The molecule has 0 radical (unpaired) electrons. The molecule has 0 heterocycles. The summed E-state index contributed by atoms with van der Waals surface area (Å²) < 4.78 is 9.80. The molecule has 32 heavy (non-hydrogen) atoms. The average molecular weight is 444 g/mol. The number of esters is 1. The van der Waals surface area contributed by atoms with Crippen LogP contribution in [0.2, 0.25) is 0 Å². The van der Waals surface area contributed by atoms with Gasteiger partial charge in [-0.2, -0.15) is 0 Å². The number of hydrogen-bond donors (Lipinski definition) is 2. The van der Waals surface area contributed by atoms with E-state index in [0.29, 0.717) is 5.56 Å². The lowest BCUT2D eigenvalue weighted by molar-refractivity contribution is -0.385. The number of benzene rings is 2. The van der Waals surface area contributed by atoms with Gasteiger partial charge in [0, 0.05) is 30.4 Å². The van der Waals surface area contributed by atoms with Crippen molar-refractivity contribution < 1.29 is 28.8 Å². The number of rotatable bonds is 10. The average Bonchev–Trinajstić information content (AvgIpc) is 2.81. The molecule has 0 aliphatic heterocycles. The molecule has 11 nitrogen and oxygen atoms in total. The number of hydrogen-bond acceptors (Lipinski definition) is 8. The lowest BCUT2D eigenvalue weighted by Gasteiger charge is -2.21. The molecule has 0 aromatic heterocycles. The van der Waals surface area contributed by atoms with Gasteiger partial charge in [-0.05, 0) is 44.2 Å². The Bertz CT molecular complexity index is 959. The SMILES string of the molecule is CCN(CC)c1ccc(C(=O)NNC(=O)COC(=O)COc2ccccc2[N+](=O)[O-])cc1. The first kappa shape index (κ1) is 24.1. The lowest BCUT2D eigenvalue weighted by Crippen LogP contribution is -2.43. The highest BCUT2D eigenvalue weighted by Crippen LogP contribution is 2.25. The molecule has 2 aromatic rings. The van der Waals surface area contributed by atoms with Crippen molar-refractivity contribution in [2.75, 3.05) is 31.2 Å². The Kier molecular flexibility index (Phi) is 8.96. The summed E-state index contributed by atoms with van der Waals surface area (Å²) in [7, 11) is 0. The van der Waals surface area contributed by atoms with Crippen LogP contribution in [0, 0.1) is 10.1 Å². The van der Waals surface area contributed by atoms with Crippen molar-refractivity contribution in [2.45, 2.75) is 13.8 Å². The Hall–Kier alpha value is -4.15. The van der Waals surface area contributed by atoms with E-state index in [-0.39, 0.29) is 11.4 Å². The Morgan fingerprint density at radius 1 is 0.969 bits per heavy atom. The van der Waals surface area contributed by atoms with E-state index >= 15 is 0 Å². The van der Waals surface area contributed by atoms with Crippen molar-refractivity contribution in [3.63, 3.8) is 0 Å². The normalized spacial score (nSPS) is 10.1. The van der Waals surface area contributed by atoms with Crippen molar-refractivity contribution in [2.24, 2.45) is 0 Å². The van der Waals surface area contributed by atoms with Gasteiger partial charge in [0.05, 0.1) is 4.92 Å². The van der Waals surface area contributed by atoms with Crippen LogP contribution in [-0.4, -0.2) is 49.0 Å². The molecule has 2 amide bonds. The maximum absolute atomic E-state index is 12.1. The number of carbonyl (C=O) groups is 3. The highest BCUT2D eigenvalue weighted by molar-refractivity contribution is 5.95. The summed E-state index contributed by atoms with van der Waals surface area (Å²) in [5, 5.41) is 10.9. The summed E-state index contributed by atoms with van der Waals surface area (Å²) in [6.07, 6.45) is 0. The summed E-state index contributed by atoms with van der Waals surface area (Å²) in [5.41, 5.74) is 5.39. The molecule has 11 heteroatoms. The molecule has 0 saturated heterocycles. The number of amides is 2. The summed E-state index contributed by atoms with van der Waals surface area (Å²) >= 11 is 0. The van der Waals surface area contributed by atoms with Crippen molar-refractivity contribution in [1.29, 1.82) is 0 Å². The largest absolute Gasteiger partial charge is 0.475 e. The molecule has 170 valence electrons. The van der Waals surface area contributed by atoms with Gasteiger partial charge in [0.15, 0.2) is 19.0 Å². The molecule has 0 aliphatic carbocycles. The number of nitrogens with zero attached hydrogens (tertiary/aromatic N) is 2. The van der Waals surface area contributed by atoms with Crippen molar-refractivity contribution in [3.8, 4) is 5.75 Å². The second kappa shape index (κ2) is 11.9. The fraction of sp³-hybridized carbons (Fsp3) is 0.286. The minimum absolute atomic E-state index is 0.0989. The maximum Gasteiger partial charge on any atom is 0.344 e. The fourth-order valence-electron chi connectivity index (χ4n) is 2.70. The summed E-state index contributed by atoms with van der Waals surface area (Å²) in [6.45, 7) is 4.45. The van der Waals surface area contributed by atoms with Crippen LogP contribution >= 0.6 is 0 Å². The number of carbonyl (C=O) groups excluding carboxylic acids is 3. The topological polar surface area (TPSA) is 140 Å². The first-order valence-corrected chi connectivity index (χ1v) is 9.81. The minimum atomic E-state index is -0.906. The molecular formula is C21H24N4O7. The quantitative estimate of drug-likeness (QED) is 0.321. The van der Waals surface area contributed by atoms with Gasteiger partial charge in [-0.15, -0.1) is 0 Å². The van der Waals surface area contributed by atoms with Crippen LogP contribution in [0.5, 0.6) is 5.75 Å². The third kappa shape index (κ3) is 6.97. The first-order chi connectivity index (χ1) is 15.3. The van der Waals surface area contributed by atoms with Crippen LogP contribution in [0.4, 0.5) is 11.4 Å². The predicted molar refractivity (Wildman–Crippen MR) is 115 cm³/mol. The molecule has 2 rings (SSSR count). The van der Waals surface area contributed by atoms with Crippen LogP contribution < -0.4 is 20.5 Å². The van der Waals surface area contributed by atoms with Gasteiger partial charge >= 0.3 is 11.7 Å². The van der Waals surface area contributed by atoms with Gasteiger partial charge in [0.1, 0.15) is 0 Å². The Labute approximate surface area is 184 Å². The Morgan fingerprint density at radius 3 is 2.25 bits per heavy atom. The molecule has 2 N–H and O–H groups in total. The smallest absolute Gasteiger partial charge is 0.344 e. The van der Waals surface area contributed by atoms with E-state index in [1.54, 1.807) is 12.1 Å². The predicted octanol–water partition coefficient (Wildman–Crippen LogP) is 1.82. The number of ether oxygens (including phenoxy) is 2. The van der Waals surface area contributed by atoms with E-state index in [2.05, 4.69) is 15.8 Å². The molecule has 0 atom stereocenters. The van der Waals surface area contributed by atoms with Crippen LogP contribution in [0.15, 0.2) is 48.5 Å². The zero-order valence-corrected chi connectivity index (χ0v) is 17.7. The van der Waals surface area contributed by atoms with Crippen LogP contribution in [0.25, 0.3) is 0 Å². The van der Waals surface area contributed by atoms with Gasteiger partial charge < -0.3 is 14.4 Å². The van der Waals surface area contributed by atoms with Crippen LogP contribution in [0.1, 0.15) is 24.2 Å². The van der Waals surface area contributed by atoms with Gasteiger partial charge in [0.2, 0.25) is 0 Å². The van der Waals surface area contributed by atoms with Crippen molar-refractivity contribution >= 4 is 29.2 Å². The number of hydrazine groups is 1. The van der Waals surface area contributed by atoms with E-state index in [9.17, 15) is 24.5 Å². The molecular weight excluding hydrogens is 420 g/mol. The van der Waals surface area contributed by atoms with Gasteiger partial charge in [0.25, 0.3) is 11.8 Å². The van der Waals surface area contributed by atoms with Gasteiger partial charge in [-0.25, -0.2) is 4.79 Å². The zero-order valence-electron chi connectivity index (χ0n) is 17.7. The van der Waals surface area contributed by atoms with E-state index in [1.165, 1.54) is 24.3 Å². The number of nitro benzene ring substituents is 1. The summed E-state index contributed by atoms with van der Waals surface area (Å²) in [6, 6.07) is 12.4. The monoisotopic (exact) mass is 444 g/mol. The second-order valence-corrected chi connectivity index (χ2v) is 6.40. The zero-order chi connectivity index (χ0) is 23.5. The highest BCUT2D eigenvalue weighted by atomic mass is 16.6. The number of nitro groups is 1. The third-order valence-corrected chi connectivity index (χ3v) is 4.35. The van der Waals surface area contributed by atoms with E-state index in [0.717, 1.165) is 18.8 Å². The number of anilines is 1. The van der Waals surface area contributed by atoms with E-state index < -0.39 is 35.9 Å². The van der Waals surface area contributed by atoms with Crippen LogP contribution in [-0.2, 0) is 14.3 Å². The second-order valence-electron chi connectivity index (χ2n) is 6.40. The van der Waals surface area contributed by atoms with E-state index in [4.69, 9.17) is 9.47 Å². The van der Waals surface area contributed by atoms with Gasteiger partial charge in [-0.1, -0.05) is 12.1 Å². The fourth-order valence-corrected chi connectivity index (χ4v) is 2.70. The molecule has 0 spiro atoms. The van der Waals surface area contributed by atoms with E-state index in [1.807, 2.05) is 26.0 Å². The van der Waals surface area contributed by atoms with Crippen LogP contribution in [0.3, 0.4) is 0 Å². The molecule has 0 unspecified atom stereocenters. The number of para-hydroxylation sites is 2. The van der Waals surface area contributed by atoms with Crippen molar-refractivity contribution in [1.82, 2.24) is 10.9 Å². The summed E-state index contributed by atoms with van der Waals surface area (Å²) in [5.74, 6) is -2.30. The summed E-state index contributed by atoms with van der Waals surface area (Å²) in [4.78, 5) is 48.0. The Morgan fingerprint density at radius 2 is 1.62 bits per heavy atom. The molecule has 0 bridgehead atoms. The lowest BCUT2D eigenvalue weighted by atomic mass is 10.2. The van der Waals surface area contributed by atoms with Crippen molar-refractivity contribution in [3.05, 3.63) is 64.2 Å². The standard InChI is InChI=1S/C21H24N4O7/c1-3-24(4-2)16-11-9-15(10-12-16)21(28)23-22-19(26)13-32-20(27)14-31-18-8-6-5-7-17(18)25(29)30/h5-12H,3-4,13-14H2,1-2H3,(H,22,26)(H,23,28). The highest BCUT2D eigenvalue weighted by Gasteiger charge is 2.16. The molecule has 0 fully saturated rings. The minimum Gasteiger partial charge on any atom is -0.475 e. The first-order valence-electron chi connectivity index (χ1n) is 9.81. The maximum atomic E-state index is 12.1.